The van der Waals surface area contributed by atoms with Crippen molar-refractivity contribution < 1.29 is 4.79 Å². The molecule has 1 nitrogen and oxygen atoms in total. The van der Waals surface area contributed by atoms with Gasteiger partial charge in [-0.2, -0.15) is 12.6 Å². The molecule has 0 aromatic carbocycles. The average Bonchev–Trinajstić information content (AvgIpc) is 2.95. The van der Waals surface area contributed by atoms with Gasteiger partial charge in [-0.05, 0) is 30.7 Å². The summed E-state index contributed by atoms with van der Waals surface area (Å²) >= 11 is 7.82. The Hall–Kier alpha value is -0.580. The van der Waals surface area contributed by atoms with Crippen LogP contribution in [-0.2, 0) is 0 Å². The average molecular weight is 268 g/mol. The molecule has 1 unspecified atom stereocenters. The molecule has 0 amide bonds. The van der Waals surface area contributed by atoms with Crippen molar-refractivity contribution in [1.29, 1.82) is 0 Å². The highest BCUT2D eigenvalue weighted by Gasteiger charge is 2.10. The Balaban J connectivity index is 2.27. The van der Waals surface area contributed by atoms with Gasteiger partial charge in [-0.3, -0.25) is 4.79 Å². The lowest BCUT2D eigenvalue weighted by Gasteiger charge is -2.02. The van der Waals surface area contributed by atoms with Crippen LogP contribution in [0.3, 0.4) is 0 Å². The van der Waals surface area contributed by atoms with E-state index in [1.54, 1.807) is 11.3 Å². The molecule has 0 N–H and O–H groups in total. The maximum atomic E-state index is 10.6. The predicted molar refractivity (Wildman–Crippen MR) is 75.0 cm³/mol. The zero-order valence-electron chi connectivity index (χ0n) is 8.84. The molecular formula is C12H12OS3. The van der Waals surface area contributed by atoms with E-state index < -0.39 is 0 Å². The Morgan fingerprint density at radius 1 is 1.25 bits per heavy atom. The lowest BCUT2D eigenvalue weighted by atomic mass is 10.3. The normalized spacial score (nSPS) is 12.6. The molecular weight excluding hydrogens is 256 g/mol. The SMILES string of the molecule is CCC(S)c1ccc(-c2ccc(C=O)s2)s1. The second kappa shape index (κ2) is 5.17. The van der Waals surface area contributed by atoms with Gasteiger partial charge >= 0.3 is 0 Å². The van der Waals surface area contributed by atoms with Crippen LogP contribution in [-0.4, -0.2) is 6.29 Å². The second-order valence-electron chi connectivity index (χ2n) is 3.45. The monoisotopic (exact) mass is 268 g/mol. The van der Waals surface area contributed by atoms with Gasteiger partial charge < -0.3 is 0 Å². The summed E-state index contributed by atoms with van der Waals surface area (Å²) < 4.78 is 0. The molecule has 16 heavy (non-hydrogen) atoms. The van der Waals surface area contributed by atoms with Crippen molar-refractivity contribution in [3.63, 3.8) is 0 Å². The molecule has 0 radical (unpaired) electrons. The molecule has 0 saturated carbocycles. The van der Waals surface area contributed by atoms with Crippen molar-refractivity contribution in [2.75, 3.05) is 0 Å². The summed E-state index contributed by atoms with van der Waals surface area (Å²) in [6, 6.07) is 8.11. The molecule has 0 aliphatic carbocycles. The summed E-state index contributed by atoms with van der Waals surface area (Å²) in [5.41, 5.74) is 0. The number of hydrogen-bond donors (Lipinski definition) is 1. The summed E-state index contributed by atoms with van der Waals surface area (Å²) in [4.78, 5) is 15.1. The standard InChI is InChI=1S/C12H12OS3/c1-2-9(14)10-5-6-12(16-10)11-4-3-8(7-13)15-11/h3-7,9,14H,2H2,1H3. The predicted octanol–water partition coefficient (Wildman–Crippen LogP) is 4.67. The lowest BCUT2D eigenvalue weighted by molar-refractivity contribution is 0.112. The van der Waals surface area contributed by atoms with Crippen LogP contribution in [0.25, 0.3) is 9.75 Å². The van der Waals surface area contributed by atoms with Crippen molar-refractivity contribution in [3.05, 3.63) is 34.0 Å². The van der Waals surface area contributed by atoms with Crippen molar-refractivity contribution in [2.45, 2.75) is 18.6 Å². The van der Waals surface area contributed by atoms with Crippen LogP contribution in [0.4, 0.5) is 0 Å². The third-order valence-corrected chi connectivity index (χ3v) is 5.55. The Bertz CT molecular complexity index is 484. The molecule has 0 saturated heterocycles. The van der Waals surface area contributed by atoms with E-state index in [1.165, 1.54) is 21.1 Å². The van der Waals surface area contributed by atoms with Crippen LogP contribution in [0, 0.1) is 0 Å². The van der Waals surface area contributed by atoms with Crippen LogP contribution in [0.15, 0.2) is 24.3 Å². The van der Waals surface area contributed by atoms with Gasteiger partial charge in [0, 0.05) is 19.9 Å². The fourth-order valence-electron chi connectivity index (χ4n) is 1.41. The minimum atomic E-state index is 0.323. The Kier molecular flexibility index (Phi) is 3.84. The topological polar surface area (TPSA) is 17.1 Å². The van der Waals surface area contributed by atoms with E-state index in [0.717, 1.165) is 22.5 Å². The van der Waals surface area contributed by atoms with E-state index in [0.29, 0.717) is 5.25 Å². The number of rotatable bonds is 4. The van der Waals surface area contributed by atoms with Gasteiger partial charge in [-0.15, -0.1) is 22.7 Å². The van der Waals surface area contributed by atoms with Crippen LogP contribution in [0.5, 0.6) is 0 Å². The van der Waals surface area contributed by atoms with Gasteiger partial charge in [-0.25, -0.2) is 0 Å². The van der Waals surface area contributed by atoms with Crippen LogP contribution in [0.1, 0.15) is 33.1 Å². The van der Waals surface area contributed by atoms with E-state index in [1.807, 2.05) is 12.1 Å². The largest absolute Gasteiger partial charge is 0.297 e. The number of hydrogen-bond acceptors (Lipinski definition) is 4. The first kappa shape index (κ1) is 11.9. The lowest BCUT2D eigenvalue weighted by Crippen LogP contribution is -1.80. The highest BCUT2D eigenvalue weighted by Crippen LogP contribution is 2.37. The number of carbonyl (C=O) groups is 1. The number of thiophene rings is 2. The second-order valence-corrected chi connectivity index (χ2v) is 6.30. The summed E-state index contributed by atoms with van der Waals surface area (Å²) in [6.45, 7) is 2.13. The first-order valence-corrected chi connectivity index (χ1v) is 7.22. The van der Waals surface area contributed by atoms with Gasteiger partial charge in [0.1, 0.15) is 0 Å². The van der Waals surface area contributed by atoms with Crippen molar-refractivity contribution in [1.82, 2.24) is 0 Å². The minimum Gasteiger partial charge on any atom is -0.297 e. The highest BCUT2D eigenvalue weighted by atomic mass is 32.1. The zero-order valence-corrected chi connectivity index (χ0v) is 11.4. The molecule has 2 aromatic rings. The van der Waals surface area contributed by atoms with Gasteiger partial charge in [0.2, 0.25) is 0 Å². The summed E-state index contributed by atoms with van der Waals surface area (Å²) in [7, 11) is 0. The third-order valence-electron chi connectivity index (χ3n) is 2.33. The quantitative estimate of drug-likeness (QED) is 0.630. The molecule has 0 fully saturated rings. The number of thiol groups is 1. The highest BCUT2D eigenvalue weighted by molar-refractivity contribution is 7.80. The molecule has 4 heteroatoms. The molecule has 2 aromatic heterocycles. The molecule has 0 aliphatic rings. The van der Waals surface area contributed by atoms with E-state index in [-0.39, 0.29) is 0 Å². The fraction of sp³-hybridized carbons (Fsp3) is 0.250. The molecule has 2 heterocycles. The summed E-state index contributed by atoms with van der Waals surface area (Å²) in [6.07, 6.45) is 1.93. The van der Waals surface area contributed by atoms with Gasteiger partial charge in [0.15, 0.2) is 6.29 Å². The number of aldehydes is 1. The molecule has 0 spiro atoms. The van der Waals surface area contributed by atoms with Gasteiger partial charge in [0.25, 0.3) is 0 Å². The third kappa shape index (κ3) is 2.39. The smallest absolute Gasteiger partial charge is 0.160 e. The fourth-order valence-corrected chi connectivity index (χ4v) is 3.65. The molecule has 2 rings (SSSR count). The van der Waals surface area contributed by atoms with Gasteiger partial charge in [0.05, 0.1) is 4.88 Å². The maximum Gasteiger partial charge on any atom is 0.160 e. The van der Waals surface area contributed by atoms with Crippen LogP contribution < -0.4 is 0 Å². The summed E-state index contributed by atoms with van der Waals surface area (Å²) in [5, 5.41) is 0.323. The van der Waals surface area contributed by atoms with E-state index >= 15 is 0 Å². The van der Waals surface area contributed by atoms with Gasteiger partial charge in [-0.1, -0.05) is 6.92 Å². The number of carbonyl (C=O) groups excluding carboxylic acids is 1. The zero-order chi connectivity index (χ0) is 11.5. The Morgan fingerprint density at radius 2 is 1.94 bits per heavy atom. The summed E-state index contributed by atoms with van der Waals surface area (Å²) in [5.74, 6) is 0. The van der Waals surface area contributed by atoms with E-state index in [2.05, 4.69) is 31.7 Å². The Morgan fingerprint density at radius 3 is 2.56 bits per heavy atom. The first-order valence-electron chi connectivity index (χ1n) is 5.07. The van der Waals surface area contributed by atoms with Crippen molar-refractivity contribution in [2.24, 2.45) is 0 Å². The maximum absolute atomic E-state index is 10.6. The first-order chi connectivity index (χ1) is 7.74. The minimum absolute atomic E-state index is 0.323. The van der Waals surface area contributed by atoms with Crippen LogP contribution in [0.2, 0.25) is 0 Å². The van der Waals surface area contributed by atoms with Crippen molar-refractivity contribution >= 4 is 41.6 Å². The van der Waals surface area contributed by atoms with E-state index in [4.69, 9.17) is 0 Å². The van der Waals surface area contributed by atoms with E-state index in [9.17, 15) is 4.79 Å². The molecule has 0 aliphatic heterocycles. The molecule has 84 valence electrons. The Labute approximate surface area is 109 Å². The molecule has 0 bridgehead atoms. The van der Waals surface area contributed by atoms with Crippen LogP contribution >= 0.6 is 35.3 Å². The van der Waals surface area contributed by atoms with Crippen molar-refractivity contribution in [3.8, 4) is 9.75 Å². The molecule has 1 atom stereocenters.